The highest BCUT2D eigenvalue weighted by Crippen LogP contribution is 2.14. The van der Waals surface area contributed by atoms with E-state index < -0.39 is 11.8 Å². The van der Waals surface area contributed by atoms with E-state index in [4.69, 9.17) is 0 Å². The van der Waals surface area contributed by atoms with Gasteiger partial charge >= 0.3 is 11.8 Å². The fourth-order valence-corrected chi connectivity index (χ4v) is 2.06. The summed E-state index contributed by atoms with van der Waals surface area (Å²) in [6.07, 6.45) is 3.99. The van der Waals surface area contributed by atoms with E-state index in [2.05, 4.69) is 31.8 Å². The van der Waals surface area contributed by atoms with Gasteiger partial charge in [-0.1, -0.05) is 15.9 Å². The van der Waals surface area contributed by atoms with E-state index in [-0.39, 0.29) is 0 Å². The first kappa shape index (κ1) is 13.7. The number of benzene rings is 1. The van der Waals surface area contributed by atoms with Crippen LogP contribution in [-0.4, -0.2) is 17.5 Å². The largest absolute Gasteiger partial charge is 0.329 e. The third-order valence-corrected chi connectivity index (χ3v) is 3.33. The van der Waals surface area contributed by atoms with Crippen LogP contribution in [0.3, 0.4) is 0 Å². The highest BCUT2D eigenvalue weighted by Gasteiger charge is 2.14. The van der Waals surface area contributed by atoms with E-state index >= 15 is 0 Å². The molecule has 0 saturated heterocycles. The highest BCUT2D eigenvalue weighted by atomic mass is 79.9. The van der Waals surface area contributed by atoms with Crippen molar-refractivity contribution in [3.05, 3.63) is 28.7 Å². The molecular weight excluding hydrogens is 310 g/mol. The molecule has 0 radical (unpaired) electrons. The second-order valence-electron chi connectivity index (χ2n) is 4.29. The topological polar surface area (TPSA) is 70.6 Å². The average Bonchev–Trinajstić information content (AvgIpc) is 2.91. The number of rotatable bonds is 2. The predicted octanol–water partition coefficient (Wildman–Crippen LogP) is 2.43. The summed E-state index contributed by atoms with van der Waals surface area (Å²) in [5.41, 5.74) is 3.80. The van der Waals surface area contributed by atoms with Crippen LogP contribution in [0.25, 0.3) is 0 Å². The van der Waals surface area contributed by atoms with Gasteiger partial charge in [-0.25, -0.2) is 5.43 Å². The maximum atomic E-state index is 11.6. The molecule has 2 N–H and O–H groups in total. The van der Waals surface area contributed by atoms with Crippen LogP contribution in [0.2, 0.25) is 0 Å². The number of amides is 2. The van der Waals surface area contributed by atoms with Crippen molar-refractivity contribution in [2.24, 2.45) is 5.10 Å². The van der Waals surface area contributed by atoms with Gasteiger partial charge in [0.05, 0.1) is 0 Å². The fraction of sp³-hybridized carbons (Fsp3) is 0.308. The van der Waals surface area contributed by atoms with Crippen LogP contribution in [0.15, 0.2) is 33.8 Å². The lowest BCUT2D eigenvalue weighted by atomic mass is 10.3. The van der Waals surface area contributed by atoms with Gasteiger partial charge in [0, 0.05) is 15.9 Å². The number of hydrogen-bond donors (Lipinski definition) is 2. The molecule has 1 aliphatic rings. The van der Waals surface area contributed by atoms with Crippen molar-refractivity contribution in [1.29, 1.82) is 0 Å². The summed E-state index contributed by atoms with van der Waals surface area (Å²) in [5.74, 6) is -1.47. The van der Waals surface area contributed by atoms with E-state index in [1.165, 1.54) is 0 Å². The SMILES string of the molecule is O=C(NN=C1CCCC1)C(=O)Nc1ccc(Br)cc1. The molecule has 1 aliphatic carbocycles. The molecule has 0 atom stereocenters. The molecule has 2 rings (SSSR count). The molecule has 0 bridgehead atoms. The molecule has 19 heavy (non-hydrogen) atoms. The van der Waals surface area contributed by atoms with Crippen LogP contribution < -0.4 is 10.7 Å². The number of nitrogens with one attached hydrogen (secondary N) is 2. The summed E-state index contributed by atoms with van der Waals surface area (Å²) in [6.45, 7) is 0. The summed E-state index contributed by atoms with van der Waals surface area (Å²) in [5, 5.41) is 6.45. The molecule has 0 aromatic heterocycles. The van der Waals surface area contributed by atoms with E-state index in [9.17, 15) is 9.59 Å². The van der Waals surface area contributed by atoms with Crippen molar-refractivity contribution in [3.63, 3.8) is 0 Å². The molecule has 0 aliphatic heterocycles. The van der Waals surface area contributed by atoms with E-state index in [1.807, 2.05) is 0 Å². The molecule has 6 heteroatoms. The first-order valence-electron chi connectivity index (χ1n) is 6.07. The molecule has 1 aromatic carbocycles. The average molecular weight is 324 g/mol. The maximum Gasteiger partial charge on any atom is 0.329 e. The Hall–Kier alpha value is -1.69. The van der Waals surface area contributed by atoms with Crippen molar-refractivity contribution in [2.45, 2.75) is 25.7 Å². The minimum atomic E-state index is -0.748. The molecule has 0 heterocycles. The monoisotopic (exact) mass is 323 g/mol. The van der Waals surface area contributed by atoms with Crippen LogP contribution in [0, 0.1) is 0 Å². The zero-order valence-electron chi connectivity index (χ0n) is 10.3. The Balaban J connectivity index is 1.87. The Morgan fingerprint density at radius 2 is 1.68 bits per heavy atom. The first-order valence-corrected chi connectivity index (χ1v) is 6.87. The fourth-order valence-electron chi connectivity index (χ4n) is 1.80. The van der Waals surface area contributed by atoms with Gasteiger partial charge in [-0.2, -0.15) is 5.10 Å². The Morgan fingerprint density at radius 3 is 2.32 bits per heavy atom. The Morgan fingerprint density at radius 1 is 1.05 bits per heavy atom. The standard InChI is InChI=1S/C13H14BrN3O2/c14-9-5-7-10(8-6-9)15-12(18)13(19)17-16-11-3-1-2-4-11/h5-8H,1-4H2,(H,15,18)(H,17,19). The van der Waals surface area contributed by atoms with E-state index in [0.29, 0.717) is 5.69 Å². The van der Waals surface area contributed by atoms with Crippen molar-refractivity contribution in [2.75, 3.05) is 5.32 Å². The Labute approximate surface area is 119 Å². The second-order valence-corrected chi connectivity index (χ2v) is 5.20. The van der Waals surface area contributed by atoms with Crippen LogP contribution in [0.4, 0.5) is 5.69 Å². The molecule has 2 amide bonds. The normalized spacial score (nSPS) is 14.1. The summed E-state index contributed by atoms with van der Waals surface area (Å²) in [7, 11) is 0. The molecule has 100 valence electrons. The molecule has 1 saturated carbocycles. The predicted molar refractivity (Wildman–Crippen MR) is 76.8 cm³/mol. The minimum absolute atomic E-state index is 0.567. The van der Waals surface area contributed by atoms with E-state index in [1.54, 1.807) is 24.3 Å². The smallest absolute Gasteiger partial charge is 0.318 e. The number of halogens is 1. The lowest BCUT2D eigenvalue weighted by Crippen LogP contribution is -2.32. The van der Waals surface area contributed by atoms with E-state index in [0.717, 1.165) is 35.9 Å². The Bertz CT molecular complexity index is 503. The van der Waals surface area contributed by atoms with Gasteiger partial charge in [-0.15, -0.1) is 0 Å². The third kappa shape index (κ3) is 4.17. The molecule has 5 nitrogen and oxygen atoms in total. The number of nitrogens with zero attached hydrogens (tertiary/aromatic N) is 1. The number of anilines is 1. The zero-order chi connectivity index (χ0) is 13.7. The maximum absolute atomic E-state index is 11.6. The quantitative estimate of drug-likeness (QED) is 0.648. The summed E-state index contributed by atoms with van der Waals surface area (Å²) >= 11 is 3.29. The van der Waals surface area contributed by atoms with Crippen LogP contribution >= 0.6 is 15.9 Å². The van der Waals surface area contributed by atoms with Crippen molar-refractivity contribution in [1.82, 2.24) is 5.43 Å². The number of carbonyl (C=O) groups excluding carboxylic acids is 2. The highest BCUT2D eigenvalue weighted by molar-refractivity contribution is 9.10. The summed E-state index contributed by atoms with van der Waals surface area (Å²) in [6, 6.07) is 6.98. The van der Waals surface area contributed by atoms with Gasteiger partial charge in [0.15, 0.2) is 0 Å². The van der Waals surface area contributed by atoms with Crippen molar-refractivity contribution in [3.8, 4) is 0 Å². The molecule has 0 unspecified atom stereocenters. The number of hydrazone groups is 1. The molecule has 0 spiro atoms. The van der Waals surface area contributed by atoms with Gasteiger partial charge in [-0.3, -0.25) is 9.59 Å². The summed E-state index contributed by atoms with van der Waals surface area (Å²) in [4.78, 5) is 23.1. The molecule has 1 fully saturated rings. The van der Waals surface area contributed by atoms with Gasteiger partial charge in [-0.05, 0) is 49.9 Å². The number of hydrogen-bond acceptors (Lipinski definition) is 3. The molecule has 1 aromatic rings. The Kier molecular flexibility index (Phi) is 4.68. The lowest BCUT2D eigenvalue weighted by molar-refractivity contribution is -0.136. The molecular formula is C13H14BrN3O2. The second kappa shape index (κ2) is 6.47. The zero-order valence-corrected chi connectivity index (χ0v) is 11.9. The summed E-state index contributed by atoms with van der Waals surface area (Å²) < 4.78 is 0.905. The van der Waals surface area contributed by atoms with Gasteiger partial charge in [0.2, 0.25) is 0 Å². The van der Waals surface area contributed by atoms with Crippen LogP contribution in [0.1, 0.15) is 25.7 Å². The lowest BCUT2D eigenvalue weighted by Gasteiger charge is -2.04. The first-order chi connectivity index (χ1) is 9.15. The van der Waals surface area contributed by atoms with Crippen LogP contribution in [-0.2, 0) is 9.59 Å². The number of carbonyl (C=O) groups is 2. The minimum Gasteiger partial charge on any atom is -0.318 e. The third-order valence-electron chi connectivity index (χ3n) is 2.80. The van der Waals surface area contributed by atoms with Crippen molar-refractivity contribution >= 4 is 39.1 Å². The van der Waals surface area contributed by atoms with Gasteiger partial charge < -0.3 is 5.32 Å². The van der Waals surface area contributed by atoms with Gasteiger partial charge in [0.1, 0.15) is 0 Å². The van der Waals surface area contributed by atoms with Gasteiger partial charge in [0.25, 0.3) is 0 Å². The van der Waals surface area contributed by atoms with Crippen LogP contribution in [0.5, 0.6) is 0 Å². The van der Waals surface area contributed by atoms with Crippen molar-refractivity contribution < 1.29 is 9.59 Å².